The highest BCUT2D eigenvalue weighted by Crippen LogP contribution is 2.23. The first-order chi connectivity index (χ1) is 7.69. The van der Waals surface area contributed by atoms with Gasteiger partial charge in [-0.25, -0.2) is 4.39 Å². The molecule has 0 aromatic heterocycles. The molecule has 0 amide bonds. The minimum atomic E-state index is -0.371. The number of halogens is 1. The second kappa shape index (κ2) is 4.74. The zero-order chi connectivity index (χ0) is 11.5. The van der Waals surface area contributed by atoms with Gasteiger partial charge in [-0.05, 0) is 19.1 Å². The van der Waals surface area contributed by atoms with Crippen LogP contribution in [0.15, 0.2) is 23.2 Å². The Hall–Kier alpha value is -1.23. The second-order valence-corrected chi connectivity index (χ2v) is 4.58. The standard InChI is InChI=1S/C11H13FN2OS/c1-7-6-16-11(13-7)14-8-3-4-10(15-2)9(12)5-8/h3-5,7H,6H2,1-2H3,(H,13,14). The van der Waals surface area contributed by atoms with Crippen molar-refractivity contribution in [2.75, 3.05) is 18.2 Å². The Morgan fingerprint density at radius 3 is 2.94 bits per heavy atom. The molecule has 5 heteroatoms. The lowest BCUT2D eigenvalue weighted by Crippen LogP contribution is -2.05. The van der Waals surface area contributed by atoms with Crippen LogP contribution in [-0.4, -0.2) is 24.1 Å². The molecule has 86 valence electrons. The van der Waals surface area contributed by atoms with Crippen molar-refractivity contribution in [3.8, 4) is 5.75 Å². The van der Waals surface area contributed by atoms with Crippen molar-refractivity contribution in [1.29, 1.82) is 0 Å². The molecule has 0 spiro atoms. The molecule has 1 aromatic rings. The summed E-state index contributed by atoms with van der Waals surface area (Å²) in [5.41, 5.74) is 0.693. The van der Waals surface area contributed by atoms with Gasteiger partial charge in [-0.1, -0.05) is 11.8 Å². The first-order valence-electron chi connectivity index (χ1n) is 5.00. The van der Waals surface area contributed by atoms with Gasteiger partial charge in [0.25, 0.3) is 0 Å². The van der Waals surface area contributed by atoms with E-state index in [0.29, 0.717) is 11.7 Å². The maximum atomic E-state index is 13.4. The molecule has 3 nitrogen and oxygen atoms in total. The van der Waals surface area contributed by atoms with Crippen molar-refractivity contribution >= 4 is 22.6 Å². The first kappa shape index (κ1) is 11.3. The van der Waals surface area contributed by atoms with Crippen LogP contribution in [0.25, 0.3) is 0 Å². The molecular weight excluding hydrogens is 227 g/mol. The van der Waals surface area contributed by atoms with Crippen molar-refractivity contribution in [3.05, 3.63) is 24.0 Å². The van der Waals surface area contributed by atoms with Gasteiger partial charge in [0.2, 0.25) is 0 Å². The maximum absolute atomic E-state index is 13.4. The van der Waals surface area contributed by atoms with Crippen molar-refractivity contribution in [2.45, 2.75) is 13.0 Å². The highest BCUT2D eigenvalue weighted by molar-refractivity contribution is 8.14. The number of hydrogen-bond donors (Lipinski definition) is 1. The van der Waals surface area contributed by atoms with E-state index in [2.05, 4.69) is 17.2 Å². The third-order valence-corrected chi connectivity index (χ3v) is 3.33. The molecule has 0 radical (unpaired) electrons. The molecule has 1 aliphatic rings. The smallest absolute Gasteiger partial charge is 0.167 e. The van der Waals surface area contributed by atoms with Gasteiger partial charge < -0.3 is 10.1 Å². The van der Waals surface area contributed by atoms with Crippen LogP contribution < -0.4 is 10.1 Å². The number of amidine groups is 1. The lowest BCUT2D eigenvalue weighted by atomic mass is 10.3. The molecule has 1 aliphatic heterocycles. The minimum absolute atomic E-state index is 0.250. The Balaban J connectivity index is 2.11. The highest BCUT2D eigenvalue weighted by atomic mass is 32.2. The third kappa shape index (κ3) is 2.47. The SMILES string of the molecule is COc1ccc(NC2=NC(C)CS2)cc1F. The molecule has 1 aromatic carbocycles. The average molecular weight is 240 g/mol. The summed E-state index contributed by atoms with van der Waals surface area (Å²) in [5, 5.41) is 3.93. The predicted molar refractivity (Wildman–Crippen MR) is 65.9 cm³/mol. The fourth-order valence-electron chi connectivity index (χ4n) is 1.41. The van der Waals surface area contributed by atoms with E-state index in [1.807, 2.05) is 0 Å². The maximum Gasteiger partial charge on any atom is 0.167 e. The van der Waals surface area contributed by atoms with Crippen molar-refractivity contribution < 1.29 is 9.13 Å². The van der Waals surface area contributed by atoms with E-state index in [1.54, 1.807) is 23.9 Å². The van der Waals surface area contributed by atoms with Crippen LogP contribution in [0.1, 0.15) is 6.92 Å². The Bertz CT molecular complexity index is 422. The summed E-state index contributed by atoms with van der Waals surface area (Å²) in [6.45, 7) is 2.05. The zero-order valence-corrected chi connectivity index (χ0v) is 9.97. The number of methoxy groups -OCH3 is 1. The normalized spacial score (nSPS) is 19.4. The summed E-state index contributed by atoms with van der Waals surface area (Å²) in [5.74, 6) is 0.852. The topological polar surface area (TPSA) is 33.6 Å². The van der Waals surface area contributed by atoms with Crippen LogP contribution in [0.2, 0.25) is 0 Å². The van der Waals surface area contributed by atoms with Gasteiger partial charge in [-0.2, -0.15) is 0 Å². The number of aliphatic imine (C=N–C) groups is 1. The number of nitrogens with one attached hydrogen (secondary N) is 1. The second-order valence-electron chi connectivity index (χ2n) is 3.57. The van der Waals surface area contributed by atoms with Gasteiger partial charge in [0.1, 0.15) is 0 Å². The molecule has 0 bridgehead atoms. The monoisotopic (exact) mass is 240 g/mol. The van der Waals surface area contributed by atoms with Gasteiger partial charge >= 0.3 is 0 Å². The highest BCUT2D eigenvalue weighted by Gasteiger charge is 2.14. The summed E-state index contributed by atoms with van der Waals surface area (Å²) in [6.07, 6.45) is 0. The van der Waals surface area contributed by atoms with Crippen molar-refractivity contribution in [2.24, 2.45) is 4.99 Å². The summed E-state index contributed by atoms with van der Waals surface area (Å²) in [7, 11) is 1.45. The quantitative estimate of drug-likeness (QED) is 0.863. The number of anilines is 1. The van der Waals surface area contributed by atoms with E-state index >= 15 is 0 Å². The molecule has 1 unspecified atom stereocenters. The Labute approximate surface area is 98.1 Å². The molecule has 2 rings (SSSR count). The van der Waals surface area contributed by atoms with E-state index in [-0.39, 0.29) is 11.6 Å². The van der Waals surface area contributed by atoms with Gasteiger partial charge in [0.15, 0.2) is 16.7 Å². The molecule has 0 saturated carbocycles. The summed E-state index contributed by atoms with van der Waals surface area (Å²) < 4.78 is 18.2. The number of nitrogens with zero attached hydrogens (tertiary/aromatic N) is 1. The summed E-state index contributed by atoms with van der Waals surface area (Å²) in [6, 6.07) is 5.11. The Morgan fingerprint density at radius 1 is 1.56 bits per heavy atom. The van der Waals surface area contributed by atoms with E-state index in [4.69, 9.17) is 4.74 Å². The lowest BCUT2D eigenvalue weighted by molar-refractivity contribution is 0.387. The number of rotatable bonds is 2. The molecule has 1 heterocycles. The molecule has 0 saturated heterocycles. The van der Waals surface area contributed by atoms with E-state index in [9.17, 15) is 4.39 Å². The first-order valence-corrected chi connectivity index (χ1v) is 5.99. The van der Waals surface area contributed by atoms with Crippen LogP contribution in [0.4, 0.5) is 10.1 Å². The lowest BCUT2D eigenvalue weighted by Gasteiger charge is -2.07. The van der Waals surface area contributed by atoms with Gasteiger partial charge in [0.05, 0.1) is 13.2 Å². The zero-order valence-electron chi connectivity index (χ0n) is 9.16. The largest absolute Gasteiger partial charge is 0.494 e. The average Bonchev–Trinajstić information content (AvgIpc) is 2.64. The van der Waals surface area contributed by atoms with Crippen LogP contribution in [-0.2, 0) is 0 Å². The number of benzene rings is 1. The van der Waals surface area contributed by atoms with Gasteiger partial charge in [-0.3, -0.25) is 4.99 Å². The van der Waals surface area contributed by atoms with Crippen LogP contribution in [0.5, 0.6) is 5.75 Å². The van der Waals surface area contributed by atoms with Crippen LogP contribution in [0.3, 0.4) is 0 Å². The Morgan fingerprint density at radius 2 is 2.38 bits per heavy atom. The number of ether oxygens (including phenoxy) is 1. The molecule has 0 aliphatic carbocycles. The Kier molecular flexibility index (Phi) is 3.33. The minimum Gasteiger partial charge on any atom is -0.494 e. The molecule has 1 N–H and O–H groups in total. The van der Waals surface area contributed by atoms with Crippen LogP contribution in [0, 0.1) is 5.82 Å². The fourth-order valence-corrected chi connectivity index (χ4v) is 2.33. The van der Waals surface area contributed by atoms with Crippen molar-refractivity contribution in [1.82, 2.24) is 0 Å². The van der Waals surface area contributed by atoms with Crippen LogP contribution >= 0.6 is 11.8 Å². The van der Waals surface area contributed by atoms with Gasteiger partial charge in [-0.15, -0.1) is 0 Å². The molecule has 1 atom stereocenters. The summed E-state index contributed by atoms with van der Waals surface area (Å²) >= 11 is 1.65. The molecular formula is C11H13FN2OS. The fraction of sp³-hybridized carbons (Fsp3) is 0.364. The number of hydrogen-bond acceptors (Lipinski definition) is 4. The van der Waals surface area contributed by atoms with Gasteiger partial charge in [0, 0.05) is 17.5 Å². The predicted octanol–water partition coefficient (Wildman–Crippen LogP) is 2.74. The van der Waals surface area contributed by atoms with E-state index in [1.165, 1.54) is 13.2 Å². The molecule has 16 heavy (non-hydrogen) atoms. The summed E-state index contributed by atoms with van der Waals surface area (Å²) in [4.78, 5) is 4.37. The van der Waals surface area contributed by atoms with E-state index < -0.39 is 0 Å². The van der Waals surface area contributed by atoms with E-state index in [0.717, 1.165) is 10.9 Å². The third-order valence-electron chi connectivity index (χ3n) is 2.20. The number of thioether (sulfide) groups is 1. The molecule has 0 fully saturated rings. The van der Waals surface area contributed by atoms with Crippen molar-refractivity contribution in [3.63, 3.8) is 0 Å².